The smallest absolute Gasteiger partial charge is 0.411 e. The summed E-state index contributed by atoms with van der Waals surface area (Å²) in [6, 6.07) is 6.94. The molecule has 1 fully saturated rings. The van der Waals surface area contributed by atoms with Crippen LogP contribution >= 0.6 is 0 Å². The first-order chi connectivity index (χ1) is 12.0. The number of urea groups is 1. The maximum absolute atomic E-state index is 12.0. The molecular formula is C18H28N4O3. The summed E-state index contributed by atoms with van der Waals surface area (Å²) in [7, 11) is 1.31. The Morgan fingerprint density at radius 3 is 2.28 bits per heavy atom. The number of benzene rings is 1. The molecule has 0 spiro atoms. The van der Waals surface area contributed by atoms with Gasteiger partial charge in [0.1, 0.15) is 0 Å². The van der Waals surface area contributed by atoms with Gasteiger partial charge in [0.25, 0.3) is 0 Å². The van der Waals surface area contributed by atoms with E-state index in [1.54, 1.807) is 24.3 Å². The van der Waals surface area contributed by atoms with Gasteiger partial charge in [-0.25, -0.2) is 9.59 Å². The quantitative estimate of drug-likeness (QED) is 0.763. The van der Waals surface area contributed by atoms with Gasteiger partial charge in [0.05, 0.1) is 7.11 Å². The number of amides is 3. The molecule has 7 nitrogen and oxygen atoms in total. The fraction of sp³-hybridized carbons (Fsp3) is 0.556. The van der Waals surface area contributed by atoms with Crippen molar-refractivity contribution in [1.82, 2.24) is 10.2 Å². The molecule has 1 atom stereocenters. The van der Waals surface area contributed by atoms with Crippen LogP contribution in [-0.4, -0.2) is 49.8 Å². The van der Waals surface area contributed by atoms with Gasteiger partial charge in [-0.15, -0.1) is 0 Å². The molecule has 0 aliphatic carbocycles. The Balaban J connectivity index is 1.73. The first kappa shape index (κ1) is 19.1. The lowest BCUT2D eigenvalue weighted by Gasteiger charge is -2.34. The molecule has 0 aromatic heterocycles. The van der Waals surface area contributed by atoms with E-state index in [9.17, 15) is 9.59 Å². The fourth-order valence-electron chi connectivity index (χ4n) is 2.82. The Morgan fingerprint density at radius 2 is 1.72 bits per heavy atom. The third-order valence-electron chi connectivity index (χ3n) is 4.57. The topological polar surface area (TPSA) is 82.7 Å². The van der Waals surface area contributed by atoms with Gasteiger partial charge in [-0.3, -0.25) is 10.2 Å². The van der Waals surface area contributed by atoms with Crippen molar-refractivity contribution in [2.75, 3.05) is 37.4 Å². The molecule has 1 aromatic rings. The summed E-state index contributed by atoms with van der Waals surface area (Å²) in [5.41, 5.74) is 1.26. The van der Waals surface area contributed by atoms with Crippen molar-refractivity contribution in [1.29, 1.82) is 0 Å². The predicted octanol–water partition coefficient (Wildman–Crippen LogP) is 3.11. The van der Waals surface area contributed by atoms with Crippen LogP contribution in [0.1, 0.15) is 26.7 Å². The zero-order valence-corrected chi connectivity index (χ0v) is 15.2. The molecular weight excluding hydrogens is 320 g/mol. The molecule has 1 aliphatic rings. The number of likely N-dealkylation sites (tertiary alicyclic amines) is 1. The molecule has 0 saturated carbocycles. The van der Waals surface area contributed by atoms with Crippen LogP contribution in [0, 0.1) is 5.92 Å². The van der Waals surface area contributed by atoms with Gasteiger partial charge >= 0.3 is 12.1 Å². The molecule has 0 unspecified atom stereocenters. The van der Waals surface area contributed by atoms with Gasteiger partial charge in [0, 0.05) is 24.0 Å². The Morgan fingerprint density at radius 1 is 1.16 bits per heavy atom. The Hall–Kier alpha value is -2.28. The average molecular weight is 348 g/mol. The lowest BCUT2D eigenvalue weighted by molar-refractivity contribution is 0.146. The Labute approximate surface area is 149 Å². The number of hydrogen-bond acceptors (Lipinski definition) is 4. The monoisotopic (exact) mass is 348 g/mol. The van der Waals surface area contributed by atoms with Crippen LogP contribution in [0.15, 0.2) is 24.3 Å². The minimum absolute atomic E-state index is 0.231. The molecule has 25 heavy (non-hydrogen) atoms. The molecule has 0 bridgehead atoms. The van der Waals surface area contributed by atoms with E-state index in [1.807, 2.05) is 0 Å². The van der Waals surface area contributed by atoms with Gasteiger partial charge < -0.3 is 15.4 Å². The van der Waals surface area contributed by atoms with E-state index in [2.05, 4.69) is 39.4 Å². The minimum atomic E-state index is -0.528. The molecule has 3 amide bonds. The summed E-state index contributed by atoms with van der Waals surface area (Å²) >= 11 is 0. The van der Waals surface area contributed by atoms with E-state index >= 15 is 0 Å². The second-order valence-electron chi connectivity index (χ2n) is 6.60. The Bertz CT molecular complexity index is 568. The van der Waals surface area contributed by atoms with E-state index in [4.69, 9.17) is 0 Å². The van der Waals surface area contributed by atoms with Gasteiger partial charge in [-0.2, -0.15) is 0 Å². The largest absolute Gasteiger partial charge is 0.453 e. The van der Waals surface area contributed by atoms with Crippen LogP contribution in [0.4, 0.5) is 21.0 Å². The normalized spacial score (nSPS) is 16.8. The number of carbonyl (C=O) groups excluding carboxylic acids is 2. The molecule has 138 valence electrons. The lowest BCUT2D eigenvalue weighted by atomic mass is 9.98. The Kier molecular flexibility index (Phi) is 7.06. The molecule has 1 aliphatic heterocycles. The van der Waals surface area contributed by atoms with Gasteiger partial charge in [-0.1, -0.05) is 6.92 Å². The number of nitrogens with one attached hydrogen (secondary N) is 3. The number of nitrogens with zero attached hydrogens (tertiary/aromatic N) is 1. The average Bonchev–Trinajstić information content (AvgIpc) is 2.62. The maximum Gasteiger partial charge on any atom is 0.411 e. The van der Waals surface area contributed by atoms with E-state index in [0.29, 0.717) is 24.0 Å². The third-order valence-corrected chi connectivity index (χ3v) is 4.57. The van der Waals surface area contributed by atoms with Gasteiger partial charge in [-0.05, 0) is 63.0 Å². The van der Waals surface area contributed by atoms with Crippen LogP contribution in [0.5, 0.6) is 0 Å². The molecule has 1 heterocycles. The number of piperidine rings is 1. The first-order valence-electron chi connectivity index (χ1n) is 8.72. The highest BCUT2D eigenvalue weighted by molar-refractivity contribution is 5.90. The zero-order chi connectivity index (χ0) is 18.2. The highest BCUT2D eigenvalue weighted by atomic mass is 16.5. The van der Waals surface area contributed by atoms with Crippen LogP contribution in [0.3, 0.4) is 0 Å². The van der Waals surface area contributed by atoms with Gasteiger partial charge in [0.2, 0.25) is 0 Å². The number of methoxy groups -OCH3 is 1. The number of hydrogen-bond donors (Lipinski definition) is 3. The summed E-state index contributed by atoms with van der Waals surface area (Å²) < 4.78 is 4.53. The second kappa shape index (κ2) is 9.27. The van der Waals surface area contributed by atoms with Crippen molar-refractivity contribution >= 4 is 23.5 Å². The van der Waals surface area contributed by atoms with E-state index < -0.39 is 6.09 Å². The molecule has 2 rings (SSSR count). The van der Waals surface area contributed by atoms with Crippen LogP contribution in [-0.2, 0) is 4.74 Å². The molecule has 3 N–H and O–H groups in total. The lowest BCUT2D eigenvalue weighted by Crippen LogP contribution is -2.46. The highest BCUT2D eigenvalue weighted by Gasteiger charge is 2.20. The third kappa shape index (κ3) is 6.26. The van der Waals surface area contributed by atoms with Crippen LogP contribution < -0.4 is 16.0 Å². The second-order valence-corrected chi connectivity index (χ2v) is 6.60. The summed E-state index contributed by atoms with van der Waals surface area (Å²) in [5.74, 6) is 0.802. The number of rotatable bonds is 5. The molecule has 0 radical (unpaired) electrons. The van der Waals surface area contributed by atoms with Crippen molar-refractivity contribution in [2.24, 2.45) is 5.92 Å². The fourth-order valence-corrected chi connectivity index (χ4v) is 2.82. The summed E-state index contributed by atoms with van der Waals surface area (Å²) in [4.78, 5) is 25.6. The molecule has 7 heteroatoms. The first-order valence-corrected chi connectivity index (χ1v) is 8.72. The number of ether oxygens (including phenoxy) is 1. The summed E-state index contributed by atoms with van der Waals surface area (Å²) in [6.45, 7) is 7.24. The zero-order valence-electron chi connectivity index (χ0n) is 15.2. The van der Waals surface area contributed by atoms with Crippen molar-refractivity contribution in [3.8, 4) is 0 Å². The number of carbonyl (C=O) groups is 2. The van der Waals surface area contributed by atoms with Crippen molar-refractivity contribution in [3.63, 3.8) is 0 Å². The predicted molar refractivity (Wildman–Crippen MR) is 98.9 cm³/mol. The minimum Gasteiger partial charge on any atom is -0.453 e. The maximum atomic E-state index is 12.0. The standard InChI is InChI=1S/C18H28N4O3/c1-13-8-10-22(11-9-13)14(2)12-19-17(23)20-15-4-6-16(7-5-15)21-18(24)25-3/h4-7,13-14H,8-12H2,1-3H3,(H,21,24)(H2,19,20,23)/t14-/m1/s1. The number of anilines is 2. The summed E-state index contributed by atoms with van der Waals surface area (Å²) in [5, 5.41) is 8.26. The highest BCUT2D eigenvalue weighted by Crippen LogP contribution is 2.18. The van der Waals surface area contributed by atoms with Crippen LogP contribution in [0.2, 0.25) is 0 Å². The molecule has 1 aromatic carbocycles. The SMILES string of the molecule is COC(=O)Nc1ccc(NC(=O)NC[C@@H](C)N2CCC(C)CC2)cc1. The van der Waals surface area contributed by atoms with Crippen molar-refractivity contribution in [2.45, 2.75) is 32.7 Å². The van der Waals surface area contributed by atoms with E-state index in [1.165, 1.54) is 20.0 Å². The van der Waals surface area contributed by atoms with E-state index in [-0.39, 0.29) is 6.03 Å². The van der Waals surface area contributed by atoms with Crippen molar-refractivity contribution < 1.29 is 14.3 Å². The van der Waals surface area contributed by atoms with Crippen LogP contribution in [0.25, 0.3) is 0 Å². The summed E-state index contributed by atoms with van der Waals surface area (Å²) in [6.07, 6.45) is 1.92. The molecule has 1 saturated heterocycles. The van der Waals surface area contributed by atoms with Gasteiger partial charge in [0.15, 0.2) is 0 Å². The van der Waals surface area contributed by atoms with Crippen molar-refractivity contribution in [3.05, 3.63) is 24.3 Å². The van der Waals surface area contributed by atoms with E-state index in [0.717, 1.165) is 19.0 Å².